The molecule has 1 aliphatic heterocycles. The summed E-state index contributed by atoms with van der Waals surface area (Å²) >= 11 is 13.0. The summed E-state index contributed by atoms with van der Waals surface area (Å²) in [6, 6.07) is 24.3. The quantitative estimate of drug-likeness (QED) is 0.243. The van der Waals surface area contributed by atoms with Gasteiger partial charge >= 0.3 is 0 Å². The molecule has 198 valence electrons. The van der Waals surface area contributed by atoms with Gasteiger partial charge in [-0.15, -0.1) is 0 Å². The molecule has 2 heterocycles. The van der Waals surface area contributed by atoms with Gasteiger partial charge < -0.3 is 14.8 Å². The number of carbonyl (C=O) groups excluding carboxylic acids is 1. The molecule has 6 heteroatoms. The Balaban J connectivity index is 1.54. The van der Waals surface area contributed by atoms with Crippen LogP contribution in [0.5, 0.6) is 0 Å². The van der Waals surface area contributed by atoms with Crippen molar-refractivity contribution in [3.8, 4) is 0 Å². The molecule has 1 amide bonds. The highest BCUT2D eigenvalue weighted by Gasteiger charge is 2.38. The molecule has 0 fully saturated rings. The smallest absolute Gasteiger partial charge is 0.257 e. The number of para-hydroxylation sites is 1. The lowest BCUT2D eigenvalue weighted by Crippen LogP contribution is -2.47. The Hall–Kier alpha value is -2.79. The van der Waals surface area contributed by atoms with Gasteiger partial charge in [0.25, 0.3) is 5.91 Å². The Morgan fingerprint density at radius 1 is 1.00 bits per heavy atom. The van der Waals surface area contributed by atoms with Gasteiger partial charge in [0.05, 0.1) is 21.7 Å². The summed E-state index contributed by atoms with van der Waals surface area (Å²) < 4.78 is 0. The average Bonchev–Trinajstić information content (AvgIpc) is 3.30. The number of fused-ring (bicyclic) bond motifs is 3. The summed E-state index contributed by atoms with van der Waals surface area (Å²) in [6.07, 6.45) is 4.51. The van der Waals surface area contributed by atoms with Crippen LogP contribution in [0.25, 0.3) is 10.9 Å². The fourth-order valence-corrected chi connectivity index (χ4v) is 6.74. The van der Waals surface area contributed by atoms with Gasteiger partial charge in [-0.3, -0.25) is 4.79 Å². The van der Waals surface area contributed by atoms with Gasteiger partial charge in [-0.1, -0.05) is 84.7 Å². The number of amides is 1. The number of hydrogen-bond acceptors (Lipinski definition) is 2. The maximum Gasteiger partial charge on any atom is 0.257 e. The lowest BCUT2D eigenvalue weighted by molar-refractivity contribution is 0.0595. The molecule has 0 aliphatic carbocycles. The average molecular weight is 549 g/mol. The van der Waals surface area contributed by atoms with E-state index < -0.39 is 0 Å². The highest BCUT2D eigenvalue weighted by molar-refractivity contribution is 6.39. The second-order valence-corrected chi connectivity index (χ2v) is 11.4. The van der Waals surface area contributed by atoms with Crippen molar-refractivity contribution < 1.29 is 4.79 Å². The summed E-state index contributed by atoms with van der Waals surface area (Å²) in [4.78, 5) is 22.1. The highest BCUT2D eigenvalue weighted by Crippen LogP contribution is 2.41. The second kappa shape index (κ2) is 11.1. The molecule has 4 nitrogen and oxygen atoms in total. The van der Waals surface area contributed by atoms with Crippen LogP contribution in [0.3, 0.4) is 0 Å². The Labute approximate surface area is 235 Å². The van der Waals surface area contributed by atoms with Gasteiger partial charge in [0.2, 0.25) is 0 Å². The number of aromatic nitrogens is 1. The van der Waals surface area contributed by atoms with E-state index in [9.17, 15) is 4.79 Å². The molecule has 1 N–H and O–H groups in total. The number of likely N-dealkylation sites (N-methyl/N-ethyl adjacent to an activating group) is 1. The Kier molecular flexibility index (Phi) is 7.85. The van der Waals surface area contributed by atoms with Crippen molar-refractivity contribution in [1.82, 2.24) is 14.8 Å². The third-order valence-electron chi connectivity index (χ3n) is 8.46. The largest absolute Gasteiger partial charge is 0.356 e. The van der Waals surface area contributed by atoms with E-state index in [4.69, 9.17) is 23.2 Å². The molecule has 5 rings (SSSR count). The first-order chi connectivity index (χ1) is 18.3. The molecule has 0 saturated carbocycles. The van der Waals surface area contributed by atoms with E-state index >= 15 is 0 Å². The van der Waals surface area contributed by atoms with E-state index in [1.165, 1.54) is 16.5 Å². The van der Waals surface area contributed by atoms with Gasteiger partial charge in [-0.2, -0.15) is 0 Å². The van der Waals surface area contributed by atoms with Gasteiger partial charge in [-0.25, -0.2) is 0 Å². The van der Waals surface area contributed by atoms with Gasteiger partial charge in [0.15, 0.2) is 0 Å². The van der Waals surface area contributed by atoms with E-state index in [2.05, 4.69) is 85.5 Å². The second-order valence-electron chi connectivity index (χ2n) is 10.6. The first-order valence-electron chi connectivity index (χ1n) is 13.4. The van der Waals surface area contributed by atoms with Gasteiger partial charge in [0, 0.05) is 28.7 Å². The molecule has 4 aromatic rings. The summed E-state index contributed by atoms with van der Waals surface area (Å²) in [5, 5.41) is 2.03. The lowest BCUT2D eigenvalue weighted by atomic mass is 9.80. The van der Waals surface area contributed by atoms with Crippen LogP contribution in [0.2, 0.25) is 10.0 Å². The Morgan fingerprint density at radius 3 is 2.37 bits per heavy atom. The highest BCUT2D eigenvalue weighted by atomic mass is 35.5. The minimum absolute atomic E-state index is 0.0399. The number of H-pyrrole nitrogens is 1. The zero-order chi connectivity index (χ0) is 26.9. The first kappa shape index (κ1) is 26.8. The fraction of sp³-hybridized carbons (Fsp3) is 0.344. The minimum atomic E-state index is -0.107. The number of halogens is 2. The molecular weight excluding hydrogens is 513 g/mol. The predicted octanol–water partition coefficient (Wildman–Crippen LogP) is 7.95. The van der Waals surface area contributed by atoms with Gasteiger partial charge in [-0.05, 0) is 75.5 Å². The Morgan fingerprint density at radius 2 is 1.68 bits per heavy atom. The molecule has 0 radical (unpaired) electrons. The van der Waals surface area contributed by atoms with E-state index in [1.807, 2.05) is 4.90 Å². The van der Waals surface area contributed by atoms with Crippen molar-refractivity contribution in [2.24, 2.45) is 0 Å². The molecule has 1 aromatic heterocycles. The van der Waals surface area contributed by atoms with Crippen molar-refractivity contribution >= 4 is 40.0 Å². The fourth-order valence-electron chi connectivity index (χ4n) is 6.18. The number of nitrogens with zero attached hydrogens (tertiary/aromatic N) is 2. The number of benzene rings is 3. The van der Waals surface area contributed by atoms with Crippen molar-refractivity contribution in [2.45, 2.75) is 50.6 Å². The first-order valence-corrected chi connectivity index (χ1v) is 14.2. The van der Waals surface area contributed by atoms with Crippen LogP contribution in [-0.4, -0.2) is 46.9 Å². The van der Waals surface area contributed by atoms with Crippen LogP contribution in [0.1, 0.15) is 59.4 Å². The molecule has 0 saturated heterocycles. The summed E-state index contributed by atoms with van der Waals surface area (Å²) in [7, 11) is 4.35. The van der Waals surface area contributed by atoms with Crippen LogP contribution in [0, 0.1) is 0 Å². The standard InChI is InChI=1S/C32H35Cl2N3O/c1-4-32(36(2)3,21-22-11-6-5-7-12-22)19-17-28-30-24(23-13-8-9-16-27(23)35-30)18-20-37(28)31(38)29-25(33)14-10-15-26(29)34/h5-16,28,35H,4,17-21H2,1-3H3. The summed E-state index contributed by atoms with van der Waals surface area (Å²) in [5.74, 6) is -0.107. The van der Waals surface area contributed by atoms with Crippen molar-refractivity contribution in [3.63, 3.8) is 0 Å². The molecule has 0 spiro atoms. The van der Waals surface area contributed by atoms with Crippen LogP contribution >= 0.6 is 23.2 Å². The third-order valence-corrected chi connectivity index (χ3v) is 9.09. The van der Waals surface area contributed by atoms with Crippen molar-refractivity contribution in [2.75, 3.05) is 20.6 Å². The molecule has 2 unspecified atom stereocenters. The molecule has 38 heavy (non-hydrogen) atoms. The van der Waals surface area contributed by atoms with Crippen LogP contribution in [0.4, 0.5) is 0 Å². The molecule has 1 aliphatic rings. The predicted molar refractivity (Wildman–Crippen MR) is 158 cm³/mol. The maximum atomic E-state index is 14.0. The summed E-state index contributed by atoms with van der Waals surface area (Å²) in [5.41, 5.74) is 5.24. The van der Waals surface area contributed by atoms with Crippen LogP contribution in [-0.2, 0) is 12.8 Å². The zero-order valence-corrected chi connectivity index (χ0v) is 23.8. The molecule has 2 atom stereocenters. The monoisotopic (exact) mass is 547 g/mol. The number of aromatic amines is 1. The maximum absolute atomic E-state index is 14.0. The normalized spacial score (nSPS) is 17.0. The number of hydrogen-bond donors (Lipinski definition) is 1. The van der Waals surface area contributed by atoms with E-state index in [0.717, 1.165) is 43.3 Å². The van der Waals surface area contributed by atoms with Crippen LogP contribution in [0.15, 0.2) is 72.8 Å². The number of carbonyl (C=O) groups is 1. The van der Waals surface area contributed by atoms with Gasteiger partial charge in [0.1, 0.15) is 0 Å². The van der Waals surface area contributed by atoms with E-state index in [-0.39, 0.29) is 17.5 Å². The molecular formula is C32H35Cl2N3O. The third kappa shape index (κ3) is 4.98. The molecule has 3 aromatic carbocycles. The Bertz CT molecular complexity index is 1410. The topological polar surface area (TPSA) is 39.3 Å². The number of rotatable bonds is 8. The van der Waals surface area contributed by atoms with E-state index in [0.29, 0.717) is 22.2 Å². The zero-order valence-electron chi connectivity index (χ0n) is 22.3. The SMILES string of the molecule is CCC(CCC1c2[nH]c3ccccc3c2CCN1C(=O)c1c(Cl)cccc1Cl)(Cc1ccccc1)N(C)C. The van der Waals surface area contributed by atoms with Crippen LogP contribution < -0.4 is 0 Å². The van der Waals surface area contributed by atoms with Crippen molar-refractivity contribution in [3.05, 3.63) is 105 Å². The number of nitrogens with one attached hydrogen (secondary N) is 1. The minimum Gasteiger partial charge on any atom is -0.356 e. The lowest BCUT2D eigenvalue weighted by Gasteiger charge is -2.43. The van der Waals surface area contributed by atoms with Crippen molar-refractivity contribution in [1.29, 1.82) is 0 Å². The molecule has 0 bridgehead atoms. The summed E-state index contributed by atoms with van der Waals surface area (Å²) in [6.45, 7) is 2.89. The van der Waals surface area contributed by atoms with E-state index in [1.54, 1.807) is 18.2 Å².